The summed E-state index contributed by atoms with van der Waals surface area (Å²) in [6.07, 6.45) is -4.35. The van der Waals surface area contributed by atoms with Gasteiger partial charge in [0.2, 0.25) is 5.91 Å². The summed E-state index contributed by atoms with van der Waals surface area (Å²) < 4.78 is 44.2. The molecule has 2 aromatic heterocycles. The number of hydrogen-bond donors (Lipinski definition) is 0. The van der Waals surface area contributed by atoms with E-state index in [1.807, 2.05) is 11.4 Å². The zero-order valence-electron chi connectivity index (χ0n) is 16.3. The fraction of sp³-hybridized carbons (Fsp3) is 0.350. The van der Waals surface area contributed by atoms with Crippen molar-refractivity contribution in [1.82, 2.24) is 19.6 Å². The first kappa shape index (κ1) is 21.3. The van der Waals surface area contributed by atoms with Crippen molar-refractivity contribution >= 4 is 17.2 Å². The van der Waals surface area contributed by atoms with Crippen molar-refractivity contribution in [3.8, 4) is 10.8 Å². The van der Waals surface area contributed by atoms with Gasteiger partial charge >= 0.3 is 11.9 Å². The maximum atomic E-state index is 12.7. The highest BCUT2D eigenvalue weighted by Crippen LogP contribution is 2.29. The molecule has 0 unspecified atom stereocenters. The first-order valence-electron chi connectivity index (χ1n) is 9.58. The summed E-state index contributed by atoms with van der Waals surface area (Å²) in [5.74, 6) is -0.728. The molecule has 1 aliphatic rings. The molecule has 7 nitrogen and oxygen atoms in total. The Labute approximate surface area is 179 Å². The molecule has 1 saturated heterocycles. The summed E-state index contributed by atoms with van der Waals surface area (Å²) in [5, 5.41) is 5.93. The van der Waals surface area contributed by atoms with E-state index in [1.54, 1.807) is 11.0 Å². The van der Waals surface area contributed by atoms with E-state index in [-0.39, 0.29) is 18.3 Å². The van der Waals surface area contributed by atoms with E-state index in [9.17, 15) is 22.8 Å². The summed E-state index contributed by atoms with van der Waals surface area (Å²) in [4.78, 5) is 29.0. The van der Waals surface area contributed by atoms with Crippen molar-refractivity contribution in [3.63, 3.8) is 0 Å². The average molecular weight is 452 g/mol. The van der Waals surface area contributed by atoms with Crippen LogP contribution < -0.4 is 5.76 Å². The zero-order valence-corrected chi connectivity index (χ0v) is 17.2. The van der Waals surface area contributed by atoms with Gasteiger partial charge in [0.15, 0.2) is 0 Å². The zero-order chi connectivity index (χ0) is 22.0. The van der Waals surface area contributed by atoms with Gasteiger partial charge in [-0.05, 0) is 29.1 Å². The van der Waals surface area contributed by atoms with Crippen LogP contribution in [0.3, 0.4) is 0 Å². The molecule has 0 N–H and O–H groups in total. The number of nitrogens with zero attached hydrogens (tertiary/aromatic N) is 4. The lowest BCUT2D eigenvalue weighted by atomic mass is 10.1. The topological polar surface area (TPSA) is 71.6 Å². The van der Waals surface area contributed by atoms with Gasteiger partial charge in [0.05, 0.1) is 10.4 Å². The molecule has 1 amide bonds. The molecule has 4 rings (SSSR count). The third-order valence-corrected chi connectivity index (χ3v) is 5.89. The Morgan fingerprint density at radius 2 is 1.81 bits per heavy atom. The standard InChI is InChI=1S/C20H19F3N4O3S/c21-20(22,23)15-5-3-14(4-6-15)12-25-7-9-26(10-8-25)17(28)13-27-19(29)30-18(24-27)16-2-1-11-31-16/h1-6,11H,7-10,12-13H2. The van der Waals surface area contributed by atoms with Crippen LogP contribution in [0.4, 0.5) is 13.2 Å². The van der Waals surface area contributed by atoms with Gasteiger partial charge in [-0.15, -0.1) is 16.4 Å². The number of alkyl halides is 3. The molecule has 164 valence electrons. The largest absolute Gasteiger partial charge is 0.437 e. The molecule has 31 heavy (non-hydrogen) atoms. The Morgan fingerprint density at radius 1 is 1.10 bits per heavy atom. The normalized spacial score (nSPS) is 15.4. The summed E-state index contributed by atoms with van der Waals surface area (Å²) in [5.41, 5.74) is 0.111. The monoisotopic (exact) mass is 452 g/mol. The van der Waals surface area contributed by atoms with Crippen LogP contribution in [0.5, 0.6) is 0 Å². The molecule has 0 atom stereocenters. The molecular formula is C20H19F3N4O3S. The maximum Gasteiger partial charge on any atom is 0.437 e. The molecule has 0 spiro atoms. The van der Waals surface area contributed by atoms with Crippen LogP contribution in [0.1, 0.15) is 11.1 Å². The number of rotatable bonds is 5. The molecule has 1 aromatic carbocycles. The van der Waals surface area contributed by atoms with Crippen molar-refractivity contribution in [2.45, 2.75) is 19.3 Å². The Morgan fingerprint density at radius 3 is 2.42 bits per heavy atom. The third-order valence-electron chi connectivity index (χ3n) is 5.04. The van der Waals surface area contributed by atoms with Crippen molar-refractivity contribution in [2.75, 3.05) is 26.2 Å². The Hall–Kier alpha value is -2.92. The Kier molecular flexibility index (Phi) is 5.96. The molecule has 3 aromatic rings. The SMILES string of the molecule is O=C(Cn1nc(-c2cccs2)oc1=O)N1CCN(Cc2ccc(C(F)(F)F)cc2)CC1. The van der Waals surface area contributed by atoms with Crippen LogP contribution in [0, 0.1) is 0 Å². The molecular weight excluding hydrogens is 433 g/mol. The summed E-state index contributed by atoms with van der Waals surface area (Å²) in [7, 11) is 0. The van der Waals surface area contributed by atoms with Gasteiger partial charge in [-0.2, -0.15) is 17.9 Å². The number of carbonyl (C=O) groups excluding carboxylic acids is 1. The van der Waals surface area contributed by atoms with Gasteiger partial charge in [-0.1, -0.05) is 18.2 Å². The summed E-state index contributed by atoms with van der Waals surface area (Å²) in [6, 6.07) is 8.70. The number of amides is 1. The van der Waals surface area contributed by atoms with Crippen LogP contribution in [0.15, 0.2) is 51.0 Å². The lowest BCUT2D eigenvalue weighted by Crippen LogP contribution is -2.49. The van der Waals surface area contributed by atoms with Crippen LogP contribution in [0.25, 0.3) is 10.8 Å². The van der Waals surface area contributed by atoms with Gasteiger partial charge < -0.3 is 9.32 Å². The molecule has 1 fully saturated rings. The van der Waals surface area contributed by atoms with Crippen molar-refractivity contribution in [3.05, 3.63) is 63.5 Å². The van der Waals surface area contributed by atoms with E-state index in [1.165, 1.54) is 23.5 Å². The van der Waals surface area contributed by atoms with E-state index in [0.29, 0.717) is 37.6 Å². The molecule has 0 radical (unpaired) electrons. The minimum atomic E-state index is -4.35. The van der Waals surface area contributed by atoms with Crippen LogP contribution in [-0.2, 0) is 24.1 Å². The number of halogens is 3. The summed E-state index contributed by atoms with van der Waals surface area (Å²) in [6.45, 7) is 2.40. The molecule has 11 heteroatoms. The van der Waals surface area contributed by atoms with E-state index >= 15 is 0 Å². The van der Waals surface area contributed by atoms with Gasteiger partial charge in [0.1, 0.15) is 6.54 Å². The van der Waals surface area contributed by atoms with Gasteiger partial charge in [-0.25, -0.2) is 4.79 Å². The Balaban J connectivity index is 1.30. The number of benzene rings is 1. The number of thiophene rings is 1. The Bertz CT molecular complexity index is 1080. The fourth-order valence-electron chi connectivity index (χ4n) is 3.35. The predicted molar refractivity (Wildman–Crippen MR) is 107 cm³/mol. The summed E-state index contributed by atoms with van der Waals surface area (Å²) >= 11 is 1.38. The second-order valence-electron chi connectivity index (χ2n) is 7.16. The molecule has 0 bridgehead atoms. The van der Waals surface area contributed by atoms with E-state index in [4.69, 9.17) is 4.42 Å². The average Bonchev–Trinajstić information content (AvgIpc) is 3.39. The highest BCUT2D eigenvalue weighted by atomic mass is 32.1. The van der Waals surface area contributed by atoms with Gasteiger partial charge in [0, 0.05) is 32.7 Å². The van der Waals surface area contributed by atoms with Gasteiger partial charge in [0.25, 0.3) is 5.89 Å². The molecule has 3 heterocycles. The van der Waals surface area contributed by atoms with Gasteiger partial charge in [-0.3, -0.25) is 9.69 Å². The lowest BCUT2D eigenvalue weighted by molar-refractivity contribution is -0.137. The minimum absolute atomic E-state index is 0.189. The van der Waals surface area contributed by atoms with Crippen LogP contribution in [-0.4, -0.2) is 51.7 Å². The third kappa shape index (κ3) is 5.05. The maximum absolute atomic E-state index is 12.7. The smallest absolute Gasteiger partial charge is 0.387 e. The number of carbonyl (C=O) groups is 1. The number of piperazine rings is 1. The van der Waals surface area contributed by atoms with Crippen LogP contribution in [0.2, 0.25) is 0 Å². The number of hydrogen-bond acceptors (Lipinski definition) is 6. The predicted octanol–water partition coefficient (Wildman–Crippen LogP) is 2.93. The van der Waals surface area contributed by atoms with E-state index in [2.05, 4.69) is 10.00 Å². The van der Waals surface area contributed by atoms with E-state index < -0.39 is 17.5 Å². The fourth-order valence-corrected chi connectivity index (χ4v) is 3.99. The molecule has 1 aliphatic heterocycles. The molecule has 0 aliphatic carbocycles. The van der Waals surface area contributed by atoms with E-state index in [0.717, 1.165) is 22.4 Å². The second-order valence-corrected chi connectivity index (χ2v) is 8.11. The van der Waals surface area contributed by atoms with Crippen molar-refractivity contribution in [1.29, 1.82) is 0 Å². The first-order valence-corrected chi connectivity index (χ1v) is 10.5. The molecule has 0 saturated carbocycles. The van der Waals surface area contributed by atoms with Crippen molar-refractivity contribution in [2.24, 2.45) is 0 Å². The van der Waals surface area contributed by atoms with Crippen molar-refractivity contribution < 1.29 is 22.4 Å². The highest BCUT2D eigenvalue weighted by Gasteiger charge is 2.30. The second kappa shape index (κ2) is 8.67. The van der Waals surface area contributed by atoms with Crippen LogP contribution >= 0.6 is 11.3 Å². The minimum Gasteiger partial charge on any atom is -0.387 e. The quantitative estimate of drug-likeness (QED) is 0.595. The first-order chi connectivity index (χ1) is 14.8. The highest BCUT2D eigenvalue weighted by molar-refractivity contribution is 7.13. The lowest BCUT2D eigenvalue weighted by Gasteiger charge is -2.34. The number of aromatic nitrogens is 2.